The SMILES string of the molecule is CNC(=O)c1cccnc1-c1ccc(Cc2nc3c([nH]2)c(=O)n(Cc2ccccc2F)c(=O)n3CC2CC2)cc1. The van der Waals surface area contributed by atoms with Gasteiger partial charge in [0.15, 0.2) is 5.65 Å². The van der Waals surface area contributed by atoms with Gasteiger partial charge < -0.3 is 10.3 Å². The summed E-state index contributed by atoms with van der Waals surface area (Å²) in [7, 11) is 1.58. The van der Waals surface area contributed by atoms with Crippen LogP contribution in [0.3, 0.4) is 0 Å². The van der Waals surface area contributed by atoms with E-state index in [2.05, 4.69) is 20.3 Å². The number of H-pyrrole nitrogens is 1. The number of benzene rings is 2. The first-order valence-electron chi connectivity index (χ1n) is 13.1. The standard InChI is InChI=1S/C30H27FN6O3/c1-32-28(38)22-6-4-14-33-25(22)20-12-10-18(11-13-20)15-24-34-26-27(35-24)36(16-19-8-9-19)30(40)37(29(26)39)17-21-5-2-3-7-23(21)31/h2-7,10-14,19H,8-9,15-17H2,1H3,(H,32,38)(H,34,35). The van der Waals surface area contributed by atoms with Gasteiger partial charge in [0.2, 0.25) is 0 Å². The molecule has 0 spiro atoms. The van der Waals surface area contributed by atoms with E-state index in [-0.39, 0.29) is 23.5 Å². The quantitative estimate of drug-likeness (QED) is 0.314. The van der Waals surface area contributed by atoms with E-state index in [0.29, 0.717) is 41.6 Å². The van der Waals surface area contributed by atoms with E-state index in [1.54, 1.807) is 48.1 Å². The maximum atomic E-state index is 14.4. The van der Waals surface area contributed by atoms with Gasteiger partial charge in [0, 0.05) is 37.3 Å². The summed E-state index contributed by atoms with van der Waals surface area (Å²) < 4.78 is 17.0. The van der Waals surface area contributed by atoms with Crippen molar-refractivity contribution in [2.45, 2.75) is 32.4 Å². The zero-order valence-electron chi connectivity index (χ0n) is 21.9. The third-order valence-electron chi connectivity index (χ3n) is 7.21. The second-order valence-corrected chi connectivity index (χ2v) is 10.1. The van der Waals surface area contributed by atoms with Crippen LogP contribution in [0.4, 0.5) is 4.39 Å². The summed E-state index contributed by atoms with van der Waals surface area (Å²) in [6.07, 6.45) is 4.07. The molecule has 0 aliphatic heterocycles. The molecule has 0 bridgehead atoms. The summed E-state index contributed by atoms with van der Waals surface area (Å²) in [5.41, 5.74) is 2.58. The summed E-state index contributed by atoms with van der Waals surface area (Å²) in [5.74, 6) is 0.215. The van der Waals surface area contributed by atoms with E-state index in [9.17, 15) is 18.8 Å². The molecule has 10 heteroatoms. The number of aromatic amines is 1. The normalized spacial score (nSPS) is 13.1. The average Bonchev–Trinajstić information content (AvgIpc) is 3.71. The molecule has 6 rings (SSSR count). The topological polar surface area (TPSA) is 115 Å². The van der Waals surface area contributed by atoms with Crippen LogP contribution < -0.4 is 16.6 Å². The highest BCUT2D eigenvalue weighted by atomic mass is 19.1. The van der Waals surface area contributed by atoms with E-state index in [4.69, 9.17) is 0 Å². The van der Waals surface area contributed by atoms with Gasteiger partial charge in [-0.2, -0.15) is 0 Å². The predicted molar refractivity (Wildman–Crippen MR) is 149 cm³/mol. The highest BCUT2D eigenvalue weighted by molar-refractivity contribution is 5.99. The van der Waals surface area contributed by atoms with Crippen LogP contribution in [-0.4, -0.2) is 37.0 Å². The van der Waals surface area contributed by atoms with Crippen LogP contribution in [-0.2, 0) is 19.5 Å². The molecule has 1 aliphatic carbocycles. The lowest BCUT2D eigenvalue weighted by molar-refractivity contribution is 0.0963. The van der Waals surface area contributed by atoms with E-state index in [1.165, 1.54) is 6.07 Å². The number of nitrogens with zero attached hydrogens (tertiary/aromatic N) is 4. The molecule has 202 valence electrons. The number of hydrogen-bond donors (Lipinski definition) is 2. The van der Waals surface area contributed by atoms with Crippen molar-refractivity contribution < 1.29 is 9.18 Å². The largest absolute Gasteiger partial charge is 0.355 e. The Bertz CT molecular complexity index is 1850. The third-order valence-corrected chi connectivity index (χ3v) is 7.21. The lowest BCUT2D eigenvalue weighted by atomic mass is 10.0. The van der Waals surface area contributed by atoms with Gasteiger partial charge in [-0.05, 0) is 42.5 Å². The molecule has 1 fully saturated rings. The van der Waals surface area contributed by atoms with Crippen molar-refractivity contribution in [1.29, 1.82) is 0 Å². The molecular weight excluding hydrogens is 511 g/mol. The van der Waals surface area contributed by atoms with Gasteiger partial charge in [-0.1, -0.05) is 42.5 Å². The van der Waals surface area contributed by atoms with Crippen LogP contribution in [0.5, 0.6) is 0 Å². The second-order valence-electron chi connectivity index (χ2n) is 10.1. The van der Waals surface area contributed by atoms with Crippen molar-refractivity contribution in [1.82, 2.24) is 29.4 Å². The molecule has 0 unspecified atom stereocenters. The van der Waals surface area contributed by atoms with Gasteiger partial charge in [0.25, 0.3) is 11.5 Å². The van der Waals surface area contributed by atoms with Crippen molar-refractivity contribution in [3.8, 4) is 11.3 Å². The number of carbonyl (C=O) groups excluding carboxylic acids is 1. The van der Waals surface area contributed by atoms with Gasteiger partial charge in [0.1, 0.15) is 17.2 Å². The van der Waals surface area contributed by atoms with Gasteiger partial charge in [-0.25, -0.2) is 14.2 Å². The fourth-order valence-corrected chi connectivity index (χ4v) is 4.88. The summed E-state index contributed by atoms with van der Waals surface area (Å²) in [6, 6.07) is 17.2. The summed E-state index contributed by atoms with van der Waals surface area (Å²) in [6.45, 7) is 0.302. The Kier molecular flexibility index (Phi) is 6.59. The number of fused-ring (bicyclic) bond motifs is 1. The van der Waals surface area contributed by atoms with E-state index in [1.807, 2.05) is 24.3 Å². The number of hydrogen-bond acceptors (Lipinski definition) is 5. The van der Waals surface area contributed by atoms with Gasteiger partial charge in [-0.15, -0.1) is 0 Å². The molecule has 9 nitrogen and oxygen atoms in total. The number of amides is 1. The van der Waals surface area contributed by atoms with Crippen LogP contribution in [0.2, 0.25) is 0 Å². The number of halogens is 1. The van der Waals surface area contributed by atoms with E-state index < -0.39 is 17.1 Å². The van der Waals surface area contributed by atoms with Gasteiger partial charge >= 0.3 is 5.69 Å². The van der Waals surface area contributed by atoms with Crippen molar-refractivity contribution >= 4 is 17.1 Å². The lowest BCUT2D eigenvalue weighted by Gasteiger charge is -2.11. The van der Waals surface area contributed by atoms with Crippen molar-refractivity contribution in [2.75, 3.05) is 7.05 Å². The monoisotopic (exact) mass is 538 g/mol. The summed E-state index contributed by atoms with van der Waals surface area (Å²) in [5, 5.41) is 2.64. The Hall–Kier alpha value is -4.86. The first-order valence-corrected chi connectivity index (χ1v) is 13.1. The first kappa shape index (κ1) is 25.4. The number of imidazole rings is 1. The van der Waals surface area contributed by atoms with Crippen molar-refractivity contribution in [3.63, 3.8) is 0 Å². The van der Waals surface area contributed by atoms with Gasteiger partial charge in [0.05, 0.1) is 17.8 Å². The Morgan fingerprint density at radius 3 is 2.55 bits per heavy atom. The zero-order chi connectivity index (χ0) is 27.8. The predicted octanol–water partition coefficient (Wildman–Crippen LogP) is 3.50. The van der Waals surface area contributed by atoms with Crippen LogP contribution >= 0.6 is 0 Å². The number of nitrogens with one attached hydrogen (secondary N) is 2. The molecule has 1 amide bonds. The highest BCUT2D eigenvalue weighted by Gasteiger charge is 2.26. The minimum atomic E-state index is -0.527. The van der Waals surface area contributed by atoms with Gasteiger partial charge in [-0.3, -0.25) is 23.7 Å². The fourth-order valence-electron chi connectivity index (χ4n) is 4.88. The Morgan fingerprint density at radius 2 is 1.82 bits per heavy atom. The summed E-state index contributed by atoms with van der Waals surface area (Å²) in [4.78, 5) is 51.3. The Morgan fingerprint density at radius 1 is 1.05 bits per heavy atom. The molecule has 5 aromatic rings. The highest BCUT2D eigenvalue weighted by Crippen LogP contribution is 2.30. The molecule has 40 heavy (non-hydrogen) atoms. The number of rotatable bonds is 8. The van der Waals surface area contributed by atoms with Crippen molar-refractivity contribution in [2.24, 2.45) is 5.92 Å². The van der Waals surface area contributed by atoms with Crippen molar-refractivity contribution in [3.05, 3.63) is 116 Å². The maximum Gasteiger partial charge on any atom is 0.333 e. The number of pyridine rings is 1. The Labute approximate surface area is 228 Å². The molecule has 3 heterocycles. The average molecular weight is 539 g/mol. The first-order chi connectivity index (χ1) is 19.4. The number of carbonyl (C=O) groups is 1. The second kappa shape index (κ2) is 10.4. The van der Waals surface area contributed by atoms with E-state index in [0.717, 1.165) is 28.5 Å². The van der Waals surface area contributed by atoms with Crippen LogP contribution in [0.1, 0.15) is 40.2 Å². The molecule has 0 saturated heterocycles. The molecule has 0 radical (unpaired) electrons. The van der Waals surface area contributed by atoms with Crippen LogP contribution in [0.15, 0.2) is 76.4 Å². The molecular formula is C30H27FN6O3. The third kappa shape index (κ3) is 4.84. The maximum absolute atomic E-state index is 14.4. The van der Waals surface area contributed by atoms with Crippen LogP contribution in [0, 0.1) is 11.7 Å². The Balaban J connectivity index is 1.35. The molecule has 1 aliphatic rings. The molecule has 2 aromatic carbocycles. The zero-order valence-corrected chi connectivity index (χ0v) is 21.9. The molecule has 3 aromatic heterocycles. The smallest absolute Gasteiger partial charge is 0.333 e. The lowest BCUT2D eigenvalue weighted by Crippen LogP contribution is -2.40. The van der Waals surface area contributed by atoms with Crippen LogP contribution in [0.25, 0.3) is 22.4 Å². The molecule has 0 atom stereocenters. The minimum Gasteiger partial charge on any atom is -0.355 e. The number of aromatic nitrogens is 5. The molecule has 1 saturated carbocycles. The molecule has 2 N–H and O–H groups in total. The minimum absolute atomic E-state index is 0.160. The van der Waals surface area contributed by atoms with E-state index >= 15 is 0 Å². The summed E-state index contributed by atoms with van der Waals surface area (Å²) >= 11 is 0. The fraction of sp³-hybridized carbons (Fsp3) is 0.233.